The largest absolute Gasteiger partial charge is 0.399 e. The van der Waals surface area contributed by atoms with Crippen molar-refractivity contribution < 1.29 is 9.18 Å². The van der Waals surface area contributed by atoms with Gasteiger partial charge in [0, 0.05) is 11.4 Å². The third-order valence-electron chi connectivity index (χ3n) is 2.72. The number of nitrogens with two attached hydrogens (primary N) is 1. The Balaban J connectivity index is 2.26. The number of anilines is 2. The highest BCUT2D eigenvalue weighted by molar-refractivity contribution is 9.10. The molecule has 2 aromatic carbocycles. The van der Waals surface area contributed by atoms with Crippen LogP contribution < -0.4 is 11.1 Å². The number of amides is 1. The van der Waals surface area contributed by atoms with E-state index in [0.717, 1.165) is 5.56 Å². The Morgan fingerprint density at radius 3 is 2.74 bits per heavy atom. The Bertz CT molecular complexity index is 643. The lowest BCUT2D eigenvalue weighted by molar-refractivity contribution is 0.102. The van der Waals surface area contributed by atoms with Crippen LogP contribution in [0.15, 0.2) is 40.9 Å². The normalized spacial score (nSPS) is 10.3. The minimum atomic E-state index is -0.577. The van der Waals surface area contributed by atoms with Crippen molar-refractivity contribution in [1.29, 1.82) is 0 Å². The van der Waals surface area contributed by atoms with E-state index in [-0.39, 0.29) is 10.0 Å². The van der Waals surface area contributed by atoms with E-state index in [9.17, 15) is 9.18 Å². The molecule has 3 nitrogen and oxygen atoms in total. The second-order valence-corrected chi connectivity index (χ2v) is 4.98. The molecule has 0 fully saturated rings. The molecule has 0 aliphatic carbocycles. The van der Waals surface area contributed by atoms with Gasteiger partial charge in [-0.3, -0.25) is 4.79 Å². The maximum absolute atomic E-state index is 13.8. The molecule has 3 N–H and O–H groups in total. The van der Waals surface area contributed by atoms with Gasteiger partial charge in [0.2, 0.25) is 0 Å². The molecule has 0 atom stereocenters. The molecule has 0 aliphatic heterocycles. The first-order valence-corrected chi connectivity index (χ1v) is 6.40. The number of halogens is 2. The molecule has 0 radical (unpaired) electrons. The van der Waals surface area contributed by atoms with Gasteiger partial charge in [0.15, 0.2) is 0 Å². The first-order chi connectivity index (χ1) is 8.99. The Kier molecular flexibility index (Phi) is 3.85. The number of aryl methyl sites for hydroxylation is 1. The van der Waals surface area contributed by atoms with Crippen LogP contribution in [0.25, 0.3) is 0 Å². The molecule has 0 bridgehead atoms. The number of carbonyl (C=O) groups excluding carboxylic acids is 1. The number of carbonyl (C=O) groups is 1. The van der Waals surface area contributed by atoms with Crippen LogP contribution in [0.2, 0.25) is 0 Å². The van der Waals surface area contributed by atoms with Gasteiger partial charge in [-0.1, -0.05) is 6.07 Å². The number of hydrogen-bond donors (Lipinski definition) is 2. The Labute approximate surface area is 118 Å². The molecule has 5 heteroatoms. The SMILES string of the molecule is Cc1cc(NC(=O)c2cccc(Br)c2F)ccc1N. The highest BCUT2D eigenvalue weighted by atomic mass is 79.9. The molecule has 2 aromatic rings. The molecule has 98 valence electrons. The van der Waals surface area contributed by atoms with E-state index < -0.39 is 11.7 Å². The summed E-state index contributed by atoms with van der Waals surface area (Å²) in [7, 11) is 0. The summed E-state index contributed by atoms with van der Waals surface area (Å²) in [5, 5.41) is 2.64. The monoisotopic (exact) mass is 322 g/mol. The molecule has 1 amide bonds. The van der Waals surface area contributed by atoms with Gasteiger partial charge < -0.3 is 11.1 Å². The molecule has 0 saturated heterocycles. The number of benzene rings is 2. The van der Waals surface area contributed by atoms with Crippen molar-refractivity contribution in [3.8, 4) is 0 Å². The van der Waals surface area contributed by atoms with Gasteiger partial charge in [0.25, 0.3) is 5.91 Å². The number of nitrogen functional groups attached to an aromatic ring is 1. The van der Waals surface area contributed by atoms with Crippen molar-refractivity contribution in [2.75, 3.05) is 11.1 Å². The van der Waals surface area contributed by atoms with E-state index in [0.29, 0.717) is 11.4 Å². The van der Waals surface area contributed by atoms with Crippen LogP contribution in [0, 0.1) is 12.7 Å². The van der Waals surface area contributed by atoms with Crippen molar-refractivity contribution in [2.45, 2.75) is 6.92 Å². The van der Waals surface area contributed by atoms with Gasteiger partial charge in [0.05, 0.1) is 10.0 Å². The zero-order valence-electron chi connectivity index (χ0n) is 10.2. The van der Waals surface area contributed by atoms with Crippen molar-refractivity contribution in [3.05, 3.63) is 57.8 Å². The van der Waals surface area contributed by atoms with Gasteiger partial charge in [0.1, 0.15) is 5.82 Å². The lowest BCUT2D eigenvalue weighted by Crippen LogP contribution is -2.14. The van der Waals surface area contributed by atoms with Gasteiger partial charge in [-0.2, -0.15) is 0 Å². The van der Waals surface area contributed by atoms with Crippen LogP contribution in [0.1, 0.15) is 15.9 Å². The van der Waals surface area contributed by atoms with Crippen LogP contribution in [-0.2, 0) is 0 Å². The third-order valence-corrected chi connectivity index (χ3v) is 3.34. The van der Waals surface area contributed by atoms with Crippen LogP contribution >= 0.6 is 15.9 Å². The summed E-state index contributed by atoms with van der Waals surface area (Å²) in [6.07, 6.45) is 0. The van der Waals surface area contributed by atoms with Gasteiger partial charge in [-0.25, -0.2) is 4.39 Å². The van der Waals surface area contributed by atoms with Gasteiger partial charge >= 0.3 is 0 Å². The van der Waals surface area contributed by atoms with Crippen molar-refractivity contribution >= 4 is 33.2 Å². The predicted octanol–water partition coefficient (Wildman–Crippen LogP) is 3.73. The molecule has 2 rings (SSSR count). The third kappa shape index (κ3) is 2.93. The Hall–Kier alpha value is -1.88. The van der Waals surface area contributed by atoms with Crippen molar-refractivity contribution in [3.63, 3.8) is 0 Å². The first-order valence-electron chi connectivity index (χ1n) is 5.60. The first kappa shape index (κ1) is 13.5. The second kappa shape index (κ2) is 5.40. The molecule has 0 spiro atoms. The van der Waals surface area contributed by atoms with Gasteiger partial charge in [-0.05, 0) is 58.7 Å². The van der Waals surface area contributed by atoms with Crippen LogP contribution in [0.3, 0.4) is 0 Å². The summed E-state index contributed by atoms with van der Waals surface area (Å²) < 4.78 is 14.0. The van der Waals surface area contributed by atoms with E-state index in [4.69, 9.17) is 5.73 Å². The zero-order chi connectivity index (χ0) is 14.0. The smallest absolute Gasteiger partial charge is 0.258 e. The molecule has 0 heterocycles. The van der Waals surface area contributed by atoms with Crippen molar-refractivity contribution in [2.24, 2.45) is 0 Å². The zero-order valence-corrected chi connectivity index (χ0v) is 11.8. The average molecular weight is 323 g/mol. The number of nitrogens with one attached hydrogen (secondary N) is 1. The predicted molar refractivity (Wildman–Crippen MR) is 77.6 cm³/mol. The summed E-state index contributed by atoms with van der Waals surface area (Å²) in [6.45, 7) is 1.84. The summed E-state index contributed by atoms with van der Waals surface area (Å²) in [4.78, 5) is 12.0. The van der Waals surface area contributed by atoms with E-state index in [1.54, 1.807) is 30.3 Å². The summed E-state index contributed by atoms with van der Waals surface area (Å²) in [5.74, 6) is -1.07. The molecular weight excluding hydrogens is 311 g/mol. The Morgan fingerprint density at radius 1 is 1.32 bits per heavy atom. The highest BCUT2D eigenvalue weighted by Crippen LogP contribution is 2.21. The quantitative estimate of drug-likeness (QED) is 0.828. The standard InChI is InChI=1S/C14H12BrFN2O/c1-8-7-9(5-6-12(8)17)18-14(19)10-3-2-4-11(15)13(10)16/h2-7H,17H2,1H3,(H,18,19). The minimum absolute atomic E-state index is 0.0103. The minimum Gasteiger partial charge on any atom is -0.399 e. The fraction of sp³-hybridized carbons (Fsp3) is 0.0714. The molecule has 0 aromatic heterocycles. The second-order valence-electron chi connectivity index (χ2n) is 4.13. The number of rotatable bonds is 2. The maximum Gasteiger partial charge on any atom is 0.258 e. The van der Waals surface area contributed by atoms with E-state index in [2.05, 4.69) is 21.2 Å². The lowest BCUT2D eigenvalue weighted by atomic mass is 10.1. The average Bonchev–Trinajstić information content (AvgIpc) is 2.37. The fourth-order valence-electron chi connectivity index (χ4n) is 1.63. The van der Waals surface area contributed by atoms with E-state index in [1.165, 1.54) is 6.07 Å². The Morgan fingerprint density at radius 2 is 2.05 bits per heavy atom. The van der Waals surface area contributed by atoms with Crippen LogP contribution in [-0.4, -0.2) is 5.91 Å². The van der Waals surface area contributed by atoms with E-state index >= 15 is 0 Å². The topological polar surface area (TPSA) is 55.1 Å². The molecular formula is C14H12BrFN2O. The highest BCUT2D eigenvalue weighted by Gasteiger charge is 2.14. The summed E-state index contributed by atoms with van der Waals surface area (Å²) >= 11 is 3.05. The van der Waals surface area contributed by atoms with Gasteiger partial charge in [-0.15, -0.1) is 0 Å². The molecule has 0 aliphatic rings. The van der Waals surface area contributed by atoms with Crippen molar-refractivity contribution in [1.82, 2.24) is 0 Å². The van der Waals surface area contributed by atoms with E-state index in [1.807, 2.05) is 6.92 Å². The summed E-state index contributed by atoms with van der Waals surface area (Å²) in [5.41, 5.74) is 7.76. The maximum atomic E-state index is 13.8. The van der Waals surface area contributed by atoms with Crippen LogP contribution in [0.4, 0.5) is 15.8 Å². The molecule has 19 heavy (non-hydrogen) atoms. The summed E-state index contributed by atoms with van der Waals surface area (Å²) in [6, 6.07) is 9.69. The molecule has 0 saturated carbocycles. The lowest BCUT2D eigenvalue weighted by Gasteiger charge is -2.08. The molecule has 0 unspecified atom stereocenters. The fourth-order valence-corrected chi connectivity index (χ4v) is 2.00. The van der Waals surface area contributed by atoms with Crippen LogP contribution in [0.5, 0.6) is 0 Å². The number of hydrogen-bond acceptors (Lipinski definition) is 2.